The van der Waals surface area contributed by atoms with Crippen LogP contribution in [0.5, 0.6) is 0 Å². The molecule has 2 rings (SSSR count). The topological polar surface area (TPSA) is 37.4 Å². The fraction of sp³-hybridized carbons (Fsp3) is 0.538. The molecule has 3 nitrogen and oxygen atoms in total. The Balaban J connectivity index is 2.04. The van der Waals surface area contributed by atoms with Gasteiger partial charge in [-0.3, -0.25) is 0 Å². The van der Waals surface area contributed by atoms with Gasteiger partial charge in [0.05, 0.1) is 4.90 Å². The molecule has 106 valence electrons. The van der Waals surface area contributed by atoms with E-state index in [9.17, 15) is 17.2 Å². The SMILES string of the molecule is CN(CCC1CC1)c1ccc(S(=O)(=O)C(F)F)cc1. The first-order valence-electron chi connectivity index (χ1n) is 6.24. The molecule has 0 atom stereocenters. The number of halogens is 2. The minimum Gasteiger partial charge on any atom is -0.375 e. The van der Waals surface area contributed by atoms with Gasteiger partial charge in [-0.05, 0) is 36.6 Å². The van der Waals surface area contributed by atoms with Crippen molar-refractivity contribution in [2.45, 2.75) is 29.9 Å². The molecule has 6 heteroatoms. The smallest absolute Gasteiger partial charge is 0.341 e. The second-order valence-corrected chi connectivity index (χ2v) is 6.87. The van der Waals surface area contributed by atoms with Gasteiger partial charge in [0.25, 0.3) is 0 Å². The molecule has 0 radical (unpaired) electrons. The molecule has 1 saturated carbocycles. The third-order valence-electron chi connectivity index (χ3n) is 3.41. The lowest BCUT2D eigenvalue weighted by Gasteiger charge is -2.19. The number of benzene rings is 1. The Labute approximate surface area is 112 Å². The van der Waals surface area contributed by atoms with E-state index in [4.69, 9.17) is 0 Å². The largest absolute Gasteiger partial charge is 0.375 e. The minimum atomic E-state index is -4.49. The summed E-state index contributed by atoms with van der Waals surface area (Å²) in [6.45, 7) is 0.894. The van der Waals surface area contributed by atoms with Gasteiger partial charge in [-0.25, -0.2) is 8.42 Å². The predicted octanol–water partition coefficient (Wildman–Crippen LogP) is 2.92. The van der Waals surface area contributed by atoms with Gasteiger partial charge in [-0.2, -0.15) is 8.78 Å². The number of rotatable bonds is 6. The molecular formula is C13H17F2NO2S. The van der Waals surface area contributed by atoms with Crippen molar-refractivity contribution in [3.05, 3.63) is 24.3 Å². The van der Waals surface area contributed by atoms with E-state index in [1.54, 1.807) is 12.1 Å². The first-order valence-corrected chi connectivity index (χ1v) is 7.79. The normalized spacial score (nSPS) is 15.8. The highest BCUT2D eigenvalue weighted by molar-refractivity contribution is 7.91. The van der Waals surface area contributed by atoms with E-state index < -0.39 is 15.6 Å². The summed E-state index contributed by atoms with van der Waals surface area (Å²) in [6, 6.07) is 5.62. The van der Waals surface area contributed by atoms with E-state index in [2.05, 4.69) is 0 Å². The maximum atomic E-state index is 12.4. The summed E-state index contributed by atoms with van der Waals surface area (Å²) < 4.78 is 47.3. The molecule has 19 heavy (non-hydrogen) atoms. The molecule has 0 spiro atoms. The molecule has 0 N–H and O–H groups in total. The summed E-state index contributed by atoms with van der Waals surface area (Å²) >= 11 is 0. The highest BCUT2D eigenvalue weighted by atomic mass is 32.2. The third-order valence-corrected chi connectivity index (χ3v) is 4.81. The van der Waals surface area contributed by atoms with Crippen LogP contribution >= 0.6 is 0 Å². The molecule has 0 bridgehead atoms. The van der Waals surface area contributed by atoms with E-state index in [1.807, 2.05) is 11.9 Å². The number of alkyl halides is 2. The van der Waals surface area contributed by atoms with Crippen molar-refractivity contribution in [2.24, 2.45) is 5.92 Å². The molecule has 1 aromatic carbocycles. The summed E-state index contributed by atoms with van der Waals surface area (Å²) in [4.78, 5) is 1.68. The molecule has 0 heterocycles. The Morgan fingerprint density at radius 2 is 1.84 bits per heavy atom. The fourth-order valence-corrected chi connectivity index (χ4v) is 2.63. The molecule has 1 aromatic rings. The van der Waals surface area contributed by atoms with Crippen molar-refractivity contribution in [1.29, 1.82) is 0 Å². The Morgan fingerprint density at radius 3 is 2.32 bits per heavy atom. The summed E-state index contributed by atoms with van der Waals surface area (Å²) in [6.07, 6.45) is 3.70. The Bertz CT molecular complexity index is 524. The van der Waals surface area contributed by atoms with Gasteiger partial charge in [0, 0.05) is 19.3 Å². The zero-order chi connectivity index (χ0) is 14.0. The summed E-state index contributed by atoms with van der Waals surface area (Å²) in [5.41, 5.74) is 0.842. The van der Waals surface area contributed by atoms with E-state index >= 15 is 0 Å². The average Bonchev–Trinajstić information content (AvgIpc) is 3.20. The van der Waals surface area contributed by atoms with Crippen LogP contribution in [0, 0.1) is 5.92 Å². The summed E-state index contributed by atoms with van der Waals surface area (Å²) in [5, 5.41) is 0. The Kier molecular flexibility index (Phi) is 4.08. The number of sulfone groups is 1. The van der Waals surface area contributed by atoms with Crippen LogP contribution in [0.4, 0.5) is 14.5 Å². The third kappa shape index (κ3) is 3.43. The van der Waals surface area contributed by atoms with Gasteiger partial charge >= 0.3 is 5.76 Å². The van der Waals surface area contributed by atoms with Gasteiger partial charge in [0.1, 0.15) is 0 Å². The molecule has 0 aliphatic heterocycles. The van der Waals surface area contributed by atoms with Gasteiger partial charge in [0.15, 0.2) is 0 Å². The van der Waals surface area contributed by atoms with Crippen LogP contribution in [0.1, 0.15) is 19.3 Å². The number of hydrogen-bond acceptors (Lipinski definition) is 3. The predicted molar refractivity (Wildman–Crippen MR) is 70.2 cm³/mol. The lowest BCUT2D eigenvalue weighted by molar-refractivity contribution is 0.234. The first-order chi connectivity index (χ1) is 8.91. The van der Waals surface area contributed by atoms with Crippen molar-refractivity contribution in [1.82, 2.24) is 0 Å². The van der Waals surface area contributed by atoms with E-state index in [0.717, 1.165) is 24.6 Å². The van der Waals surface area contributed by atoms with Crippen molar-refractivity contribution in [3.63, 3.8) is 0 Å². The average molecular weight is 289 g/mol. The molecule has 1 aliphatic rings. The van der Waals surface area contributed by atoms with Crippen LogP contribution in [0.3, 0.4) is 0 Å². The quantitative estimate of drug-likeness (QED) is 0.808. The second kappa shape index (κ2) is 5.45. The van der Waals surface area contributed by atoms with Crippen molar-refractivity contribution < 1.29 is 17.2 Å². The van der Waals surface area contributed by atoms with E-state index in [1.165, 1.54) is 25.0 Å². The molecule has 0 unspecified atom stereocenters. The minimum absolute atomic E-state index is 0.332. The van der Waals surface area contributed by atoms with Crippen molar-refractivity contribution >= 4 is 15.5 Å². The highest BCUT2D eigenvalue weighted by Gasteiger charge is 2.26. The van der Waals surface area contributed by atoms with Gasteiger partial charge in [0.2, 0.25) is 9.84 Å². The van der Waals surface area contributed by atoms with Gasteiger partial charge in [-0.15, -0.1) is 0 Å². The van der Waals surface area contributed by atoms with E-state index in [-0.39, 0.29) is 4.90 Å². The van der Waals surface area contributed by atoms with Crippen LogP contribution in [0.25, 0.3) is 0 Å². The van der Waals surface area contributed by atoms with E-state index in [0.29, 0.717) is 0 Å². The first kappa shape index (κ1) is 14.2. The Morgan fingerprint density at radius 1 is 1.26 bits per heavy atom. The fourth-order valence-electron chi connectivity index (χ4n) is 1.91. The zero-order valence-electron chi connectivity index (χ0n) is 10.7. The number of anilines is 1. The standard InChI is InChI=1S/C13H17F2NO2S/c1-16(9-8-10-2-3-10)11-4-6-12(7-5-11)19(17,18)13(14)15/h4-7,10,13H,2-3,8-9H2,1H3. The molecule has 1 fully saturated rings. The summed E-state index contributed by atoms with van der Waals surface area (Å²) in [7, 11) is -2.57. The highest BCUT2D eigenvalue weighted by Crippen LogP contribution is 2.32. The van der Waals surface area contributed by atoms with Crippen LogP contribution in [0.2, 0.25) is 0 Å². The molecular weight excluding hydrogens is 272 g/mol. The van der Waals surface area contributed by atoms with Crippen LogP contribution < -0.4 is 4.90 Å². The zero-order valence-corrected chi connectivity index (χ0v) is 11.5. The maximum Gasteiger partial charge on any atom is 0.341 e. The van der Waals surface area contributed by atoms with Crippen LogP contribution in [-0.4, -0.2) is 27.8 Å². The second-order valence-electron chi connectivity index (χ2n) is 4.95. The Hall–Kier alpha value is -1.17. The monoisotopic (exact) mass is 289 g/mol. The van der Waals surface area contributed by atoms with Crippen LogP contribution in [-0.2, 0) is 9.84 Å². The molecule has 0 aromatic heterocycles. The summed E-state index contributed by atoms with van der Waals surface area (Å²) in [5.74, 6) is -2.55. The van der Waals surface area contributed by atoms with Crippen LogP contribution in [0.15, 0.2) is 29.2 Å². The number of nitrogens with zero attached hydrogens (tertiary/aromatic N) is 1. The molecule has 0 saturated heterocycles. The van der Waals surface area contributed by atoms with Gasteiger partial charge in [-0.1, -0.05) is 12.8 Å². The lowest BCUT2D eigenvalue weighted by Crippen LogP contribution is -2.19. The van der Waals surface area contributed by atoms with Gasteiger partial charge < -0.3 is 4.90 Å². The lowest BCUT2D eigenvalue weighted by atomic mass is 10.2. The molecule has 0 amide bonds. The van der Waals surface area contributed by atoms with Crippen molar-refractivity contribution in [2.75, 3.05) is 18.5 Å². The number of hydrogen-bond donors (Lipinski definition) is 0. The van der Waals surface area contributed by atoms with Crippen molar-refractivity contribution in [3.8, 4) is 0 Å². The molecule has 1 aliphatic carbocycles. The maximum absolute atomic E-state index is 12.4.